The van der Waals surface area contributed by atoms with Crippen LogP contribution in [-0.2, 0) is 4.79 Å². The smallest absolute Gasteiger partial charge is 0.269 e. The molecule has 6 heteroatoms. The minimum atomic E-state index is -0.405. The molecule has 0 fully saturated rings. The summed E-state index contributed by atoms with van der Waals surface area (Å²) in [5, 5.41) is 10.9. The van der Waals surface area contributed by atoms with Crippen molar-refractivity contribution >= 4 is 28.9 Å². The first kappa shape index (κ1) is 18.7. The first-order chi connectivity index (χ1) is 13.9. The molecule has 0 atom stereocenters. The lowest BCUT2D eigenvalue weighted by atomic mass is 10.0. The number of nitro benzene ring substituents is 1. The van der Waals surface area contributed by atoms with Gasteiger partial charge in [-0.15, -0.1) is 0 Å². The van der Waals surface area contributed by atoms with Gasteiger partial charge in [-0.1, -0.05) is 18.2 Å². The Kier molecular flexibility index (Phi) is 4.54. The van der Waals surface area contributed by atoms with Crippen LogP contribution >= 0.6 is 0 Å². The molecule has 0 radical (unpaired) electrons. The Hall–Kier alpha value is -3.67. The second-order valence-electron chi connectivity index (χ2n) is 7.06. The van der Waals surface area contributed by atoms with E-state index in [1.165, 1.54) is 12.1 Å². The van der Waals surface area contributed by atoms with Crippen LogP contribution in [0, 0.1) is 24.0 Å². The molecule has 0 unspecified atom stereocenters. The molecule has 2 heterocycles. The zero-order chi connectivity index (χ0) is 20.7. The molecule has 2 aromatic carbocycles. The molecule has 0 N–H and O–H groups in total. The largest absolute Gasteiger partial charge is 0.318 e. The third kappa shape index (κ3) is 3.02. The number of nitrogens with zero attached hydrogens (tertiary/aromatic N) is 3. The minimum absolute atomic E-state index is 0.00818. The molecule has 29 heavy (non-hydrogen) atoms. The number of anilines is 1. The van der Waals surface area contributed by atoms with Crippen molar-refractivity contribution < 1.29 is 9.72 Å². The first-order valence-corrected chi connectivity index (χ1v) is 9.49. The molecule has 3 aromatic rings. The highest BCUT2D eigenvalue weighted by atomic mass is 16.6. The third-order valence-corrected chi connectivity index (χ3v) is 5.37. The number of carbonyl (C=O) groups excluding carboxylic acids is 1. The van der Waals surface area contributed by atoms with E-state index in [9.17, 15) is 14.9 Å². The number of benzene rings is 2. The first-order valence-electron chi connectivity index (χ1n) is 9.49. The van der Waals surface area contributed by atoms with Crippen LogP contribution in [0.2, 0.25) is 0 Å². The fraction of sp³-hybridized carbons (Fsp3) is 0.174. The van der Waals surface area contributed by atoms with Crippen molar-refractivity contribution in [2.45, 2.75) is 20.8 Å². The summed E-state index contributed by atoms with van der Waals surface area (Å²) in [6.45, 7) is 6.57. The molecule has 146 valence electrons. The summed E-state index contributed by atoms with van der Waals surface area (Å²) < 4.78 is 2.04. The predicted molar refractivity (Wildman–Crippen MR) is 114 cm³/mol. The van der Waals surface area contributed by atoms with E-state index in [4.69, 9.17) is 0 Å². The maximum atomic E-state index is 13.0. The average Bonchev–Trinajstić information content (AvgIpc) is 3.15. The highest BCUT2D eigenvalue weighted by Gasteiger charge is 2.31. The summed E-state index contributed by atoms with van der Waals surface area (Å²) in [6.07, 6.45) is 1.95. The highest BCUT2D eigenvalue weighted by molar-refractivity contribution is 6.35. The summed E-state index contributed by atoms with van der Waals surface area (Å²) in [5.74, 6) is 0.00818. The predicted octanol–water partition coefficient (Wildman–Crippen LogP) is 4.91. The lowest BCUT2D eigenvalue weighted by molar-refractivity contribution is -0.384. The number of fused-ring (bicyclic) bond motifs is 1. The maximum absolute atomic E-state index is 13.0. The number of nitro groups is 1. The molecular weight excluding hydrogens is 366 g/mol. The standard InChI is InChI=1S/C23H21N3O3/c1-4-24-22-8-6-5-7-20(22)21(23(24)27)14-17-13-15(2)25(16(17)3)18-9-11-19(12-10-18)26(28)29/h5-14H,4H2,1-3H3/b21-14-. The number of hydrogen-bond acceptors (Lipinski definition) is 3. The van der Waals surface area contributed by atoms with E-state index in [1.807, 2.05) is 61.7 Å². The Bertz CT molecular complexity index is 1160. The lowest BCUT2D eigenvalue weighted by Gasteiger charge is -2.13. The summed E-state index contributed by atoms with van der Waals surface area (Å²) in [6, 6.07) is 16.4. The van der Waals surface area contributed by atoms with Crippen LogP contribution in [0.25, 0.3) is 17.3 Å². The number of aryl methyl sites for hydroxylation is 1. The Morgan fingerprint density at radius 2 is 1.76 bits per heavy atom. The van der Waals surface area contributed by atoms with Crippen molar-refractivity contribution in [3.63, 3.8) is 0 Å². The minimum Gasteiger partial charge on any atom is -0.318 e. The van der Waals surface area contributed by atoms with Gasteiger partial charge in [-0.3, -0.25) is 14.9 Å². The van der Waals surface area contributed by atoms with Gasteiger partial charge in [0.05, 0.1) is 10.6 Å². The van der Waals surface area contributed by atoms with Crippen LogP contribution in [0.1, 0.15) is 29.4 Å². The number of rotatable bonds is 4. The van der Waals surface area contributed by atoms with Gasteiger partial charge in [0.15, 0.2) is 0 Å². The molecule has 0 saturated carbocycles. The monoisotopic (exact) mass is 387 g/mol. The zero-order valence-electron chi connectivity index (χ0n) is 16.5. The van der Waals surface area contributed by atoms with Gasteiger partial charge in [0.25, 0.3) is 11.6 Å². The molecule has 1 aromatic heterocycles. The van der Waals surface area contributed by atoms with Gasteiger partial charge in [0, 0.05) is 46.9 Å². The van der Waals surface area contributed by atoms with Crippen molar-refractivity contribution in [2.75, 3.05) is 11.4 Å². The van der Waals surface area contributed by atoms with E-state index < -0.39 is 4.92 Å². The van der Waals surface area contributed by atoms with Gasteiger partial charge in [-0.05, 0) is 56.7 Å². The van der Waals surface area contributed by atoms with Gasteiger partial charge in [0.2, 0.25) is 0 Å². The van der Waals surface area contributed by atoms with Crippen LogP contribution in [0.5, 0.6) is 0 Å². The summed E-state index contributed by atoms with van der Waals surface area (Å²) in [7, 11) is 0. The number of aromatic nitrogens is 1. The molecular formula is C23H21N3O3. The van der Waals surface area contributed by atoms with Crippen LogP contribution < -0.4 is 4.90 Å². The average molecular weight is 387 g/mol. The second kappa shape index (κ2) is 7.05. The Morgan fingerprint density at radius 3 is 2.41 bits per heavy atom. The van der Waals surface area contributed by atoms with Crippen LogP contribution in [0.4, 0.5) is 11.4 Å². The topological polar surface area (TPSA) is 68.4 Å². The van der Waals surface area contributed by atoms with E-state index in [0.717, 1.165) is 33.9 Å². The Morgan fingerprint density at radius 1 is 1.07 bits per heavy atom. The number of carbonyl (C=O) groups is 1. The van der Waals surface area contributed by atoms with E-state index in [2.05, 4.69) is 0 Å². The number of amides is 1. The highest BCUT2D eigenvalue weighted by Crippen LogP contribution is 2.38. The van der Waals surface area contributed by atoms with Crippen molar-refractivity contribution in [3.05, 3.63) is 87.2 Å². The van der Waals surface area contributed by atoms with Gasteiger partial charge in [-0.2, -0.15) is 0 Å². The summed E-state index contributed by atoms with van der Waals surface area (Å²) >= 11 is 0. The fourth-order valence-corrected chi connectivity index (χ4v) is 3.97. The Balaban J connectivity index is 1.79. The molecule has 0 saturated heterocycles. The quantitative estimate of drug-likeness (QED) is 0.363. The van der Waals surface area contributed by atoms with Gasteiger partial charge in [-0.25, -0.2) is 0 Å². The maximum Gasteiger partial charge on any atom is 0.269 e. The van der Waals surface area contributed by atoms with Crippen molar-refractivity contribution in [1.29, 1.82) is 0 Å². The molecule has 6 nitrogen and oxygen atoms in total. The number of non-ortho nitro benzene ring substituents is 1. The molecule has 0 aliphatic carbocycles. The van der Waals surface area contributed by atoms with E-state index >= 15 is 0 Å². The fourth-order valence-electron chi connectivity index (χ4n) is 3.97. The van der Waals surface area contributed by atoms with Crippen LogP contribution in [-0.4, -0.2) is 21.9 Å². The molecule has 1 aliphatic rings. The lowest BCUT2D eigenvalue weighted by Crippen LogP contribution is -2.25. The normalized spacial score (nSPS) is 14.5. The number of para-hydroxylation sites is 1. The Labute approximate surface area is 168 Å². The molecule has 1 aliphatic heterocycles. The molecule has 0 bridgehead atoms. The van der Waals surface area contributed by atoms with E-state index in [0.29, 0.717) is 12.1 Å². The zero-order valence-corrected chi connectivity index (χ0v) is 16.5. The van der Waals surface area contributed by atoms with Crippen LogP contribution in [0.3, 0.4) is 0 Å². The molecule has 1 amide bonds. The van der Waals surface area contributed by atoms with Crippen molar-refractivity contribution in [3.8, 4) is 5.69 Å². The second-order valence-corrected chi connectivity index (χ2v) is 7.06. The summed E-state index contributed by atoms with van der Waals surface area (Å²) in [5.41, 5.74) is 6.41. The van der Waals surface area contributed by atoms with Crippen LogP contribution in [0.15, 0.2) is 54.6 Å². The summed E-state index contributed by atoms with van der Waals surface area (Å²) in [4.78, 5) is 25.3. The van der Waals surface area contributed by atoms with E-state index in [1.54, 1.807) is 17.0 Å². The third-order valence-electron chi connectivity index (χ3n) is 5.37. The molecule has 0 spiro atoms. The molecule has 4 rings (SSSR count). The van der Waals surface area contributed by atoms with E-state index in [-0.39, 0.29) is 11.6 Å². The SMILES string of the molecule is CCN1C(=O)/C(=C\c2cc(C)n(-c3ccc([N+](=O)[O-])cc3)c2C)c2ccccc21. The van der Waals surface area contributed by atoms with Gasteiger partial charge >= 0.3 is 0 Å². The number of hydrogen-bond donors (Lipinski definition) is 0. The van der Waals surface area contributed by atoms with Crippen molar-refractivity contribution in [2.24, 2.45) is 0 Å². The van der Waals surface area contributed by atoms with Crippen molar-refractivity contribution in [1.82, 2.24) is 4.57 Å². The number of likely N-dealkylation sites (N-methyl/N-ethyl adjacent to an activating group) is 1. The van der Waals surface area contributed by atoms with Gasteiger partial charge in [0.1, 0.15) is 0 Å². The van der Waals surface area contributed by atoms with Gasteiger partial charge < -0.3 is 9.47 Å².